The van der Waals surface area contributed by atoms with Crippen LogP contribution in [0.3, 0.4) is 0 Å². The van der Waals surface area contributed by atoms with E-state index >= 15 is 0 Å². The van der Waals surface area contributed by atoms with Crippen LogP contribution >= 0.6 is 0 Å². The minimum Gasteiger partial charge on any atom is -0.314 e. The summed E-state index contributed by atoms with van der Waals surface area (Å²) in [5.74, 6) is 0.783. The Hall–Kier alpha value is -1.79. The second kappa shape index (κ2) is 5.90. The number of aromatic nitrogens is 4. The quantitative estimate of drug-likeness (QED) is 0.830. The number of H-pyrrole nitrogens is 1. The van der Waals surface area contributed by atoms with Crippen LogP contribution in [0.4, 0.5) is 0 Å². The van der Waals surface area contributed by atoms with Gasteiger partial charge in [-0.05, 0) is 12.0 Å². The topological polar surface area (TPSA) is 69.7 Å². The summed E-state index contributed by atoms with van der Waals surface area (Å²) >= 11 is 0. The maximum atomic E-state index is 4.18. The summed E-state index contributed by atoms with van der Waals surface area (Å²) in [6, 6.07) is 10.7. The van der Waals surface area contributed by atoms with Crippen molar-refractivity contribution in [3.05, 3.63) is 41.7 Å². The minimum atomic E-state index is 0.197. The molecular formula is C13H18N6. The highest BCUT2D eigenvalue weighted by atomic mass is 15.5. The van der Waals surface area contributed by atoms with Gasteiger partial charge in [0.1, 0.15) is 0 Å². The summed E-state index contributed by atoms with van der Waals surface area (Å²) in [7, 11) is 0. The SMILES string of the molecule is c1ccc(CC(c2nn[nH]n2)N2CCNCC2)cc1. The lowest BCUT2D eigenvalue weighted by Gasteiger charge is -2.33. The van der Waals surface area contributed by atoms with Gasteiger partial charge in [-0.2, -0.15) is 5.21 Å². The van der Waals surface area contributed by atoms with Gasteiger partial charge in [-0.15, -0.1) is 10.2 Å². The molecule has 1 atom stereocenters. The van der Waals surface area contributed by atoms with Crippen molar-refractivity contribution in [1.82, 2.24) is 30.8 Å². The van der Waals surface area contributed by atoms with Gasteiger partial charge in [0.25, 0.3) is 0 Å². The van der Waals surface area contributed by atoms with Crippen LogP contribution in [0, 0.1) is 0 Å². The van der Waals surface area contributed by atoms with E-state index in [4.69, 9.17) is 0 Å². The van der Waals surface area contributed by atoms with Crippen LogP contribution in [0.2, 0.25) is 0 Å². The zero-order valence-electron chi connectivity index (χ0n) is 10.8. The van der Waals surface area contributed by atoms with E-state index in [1.807, 2.05) is 6.07 Å². The van der Waals surface area contributed by atoms with Crippen molar-refractivity contribution in [3.63, 3.8) is 0 Å². The molecular weight excluding hydrogens is 240 g/mol. The Balaban J connectivity index is 1.80. The summed E-state index contributed by atoms with van der Waals surface area (Å²) < 4.78 is 0. The number of nitrogens with zero attached hydrogens (tertiary/aromatic N) is 4. The van der Waals surface area contributed by atoms with Crippen molar-refractivity contribution >= 4 is 0 Å². The average molecular weight is 258 g/mol. The van der Waals surface area contributed by atoms with Crippen molar-refractivity contribution < 1.29 is 0 Å². The van der Waals surface area contributed by atoms with Crippen molar-refractivity contribution in [2.24, 2.45) is 0 Å². The van der Waals surface area contributed by atoms with Crippen molar-refractivity contribution in [2.45, 2.75) is 12.5 Å². The van der Waals surface area contributed by atoms with Gasteiger partial charge in [0.2, 0.25) is 0 Å². The van der Waals surface area contributed by atoms with Gasteiger partial charge in [-0.3, -0.25) is 4.90 Å². The highest BCUT2D eigenvalue weighted by Crippen LogP contribution is 2.22. The van der Waals surface area contributed by atoms with E-state index in [-0.39, 0.29) is 6.04 Å². The van der Waals surface area contributed by atoms with Crippen LogP contribution in [0.25, 0.3) is 0 Å². The van der Waals surface area contributed by atoms with E-state index < -0.39 is 0 Å². The Kier molecular flexibility index (Phi) is 3.81. The zero-order valence-corrected chi connectivity index (χ0v) is 10.8. The summed E-state index contributed by atoms with van der Waals surface area (Å²) in [4.78, 5) is 2.42. The molecule has 6 heteroatoms. The highest BCUT2D eigenvalue weighted by molar-refractivity contribution is 5.17. The van der Waals surface area contributed by atoms with Crippen molar-refractivity contribution in [2.75, 3.05) is 26.2 Å². The number of tetrazole rings is 1. The van der Waals surface area contributed by atoms with E-state index in [0.29, 0.717) is 0 Å². The Bertz CT molecular complexity index is 477. The van der Waals surface area contributed by atoms with E-state index in [2.05, 4.69) is 55.1 Å². The van der Waals surface area contributed by atoms with E-state index in [1.165, 1.54) is 5.56 Å². The molecule has 1 aromatic heterocycles. The molecule has 1 fully saturated rings. The molecule has 0 radical (unpaired) electrons. The molecule has 0 amide bonds. The predicted octanol–water partition coefficient (Wildman–Crippen LogP) is 0.389. The fourth-order valence-corrected chi connectivity index (χ4v) is 2.53. The Morgan fingerprint density at radius 3 is 2.63 bits per heavy atom. The number of aromatic amines is 1. The lowest BCUT2D eigenvalue weighted by atomic mass is 10.0. The lowest BCUT2D eigenvalue weighted by molar-refractivity contribution is 0.166. The molecule has 0 bridgehead atoms. The smallest absolute Gasteiger partial charge is 0.191 e. The molecule has 6 nitrogen and oxygen atoms in total. The molecule has 3 rings (SSSR count). The molecule has 2 aromatic rings. The van der Waals surface area contributed by atoms with Gasteiger partial charge in [0, 0.05) is 26.2 Å². The normalized spacial score (nSPS) is 18.3. The number of rotatable bonds is 4. The van der Waals surface area contributed by atoms with Crippen LogP contribution in [-0.2, 0) is 6.42 Å². The van der Waals surface area contributed by atoms with Gasteiger partial charge in [-0.1, -0.05) is 35.5 Å². The van der Waals surface area contributed by atoms with Crippen LogP contribution < -0.4 is 5.32 Å². The largest absolute Gasteiger partial charge is 0.314 e. The van der Waals surface area contributed by atoms with Gasteiger partial charge in [0.15, 0.2) is 5.82 Å². The Morgan fingerprint density at radius 1 is 1.16 bits per heavy atom. The molecule has 2 N–H and O–H groups in total. The summed E-state index contributed by atoms with van der Waals surface area (Å²) in [5, 5.41) is 18.0. The van der Waals surface area contributed by atoms with Crippen LogP contribution in [-0.4, -0.2) is 51.7 Å². The highest BCUT2D eigenvalue weighted by Gasteiger charge is 2.25. The number of piperazine rings is 1. The minimum absolute atomic E-state index is 0.197. The molecule has 1 aromatic carbocycles. The average Bonchev–Trinajstić information content (AvgIpc) is 3.01. The molecule has 100 valence electrons. The molecule has 1 saturated heterocycles. The van der Waals surface area contributed by atoms with Crippen molar-refractivity contribution in [3.8, 4) is 0 Å². The fraction of sp³-hybridized carbons (Fsp3) is 0.462. The third-order valence-electron chi connectivity index (χ3n) is 3.52. The monoisotopic (exact) mass is 258 g/mol. The Morgan fingerprint density at radius 2 is 1.95 bits per heavy atom. The molecule has 19 heavy (non-hydrogen) atoms. The molecule has 1 aliphatic heterocycles. The molecule has 2 heterocycles. The van der Waals surface area contributed by atoms with E-state index in [9.17, 15) is 0 Å². The summed E-state index contributed by atoms with van der Waals surface area (Å²) in [6.07, 6.45) is 0.917. The van der Waals surface area contributed by atoms with E-state index in [0.717, 1.165) is 38.4 Å². The molecule has 1 aliphatic rings. The van der Waals surface area contributed by atoms with E-state index in [1.54, 1.807) is 0 Å². The van der Waals surface area contributed by atoms with Crippen molar-refractivity contribution in [1.29, 1.82) is 0 Å². The van der Waals surface area contributed by atoms with Gasteiger partial charge in [-0.25, -0.2) is 0 Å². The van der Waals surface area contributed by atoms with Crippen LogP contribution in [0.1, 0.15) is 17.4 Å². The third kappa shape index (κ3) is 2.97. The fourth-order valence-electron chi connectivity index (χ4n) is 2.53. The first kappa shape index (κ1) is 12.3. The zero-order chi connectivity index (χ0) is 12.9. The number of nitrogens with one attached hydrogen (secondary N) is 2. The maximum absolute atomic E-state index is 4.18. The second-order valence-corrected chi connectivity index (χ2v) is 4.76. The standard InChI is InChI=1S/C13H18N6/c1-2-4-11(5-3-1)10-12(13-15-17-18-16-13)19-8-6-14-7-9-19/h1-5,12,14H,6-10H2,(H,15,16,17,18). The summed E-state index contributed by atoms with van der Waals surface area (Å²) in [6.45, 7) is 4.07. The number of hydrogen-bond donors (Lipinski definition) is 2. The van der Waals surface area contributed by atoms with Gasteiger partial charge in [0.05, 0.1) is 6.04 Å². The summed E-state index contributed by atoms with van der Waals surface area (Å²) in [5.41, 5.74) is 1.30. The van der Waals surface area contributed by atoms with Gasteiger partial charge < -0.3 is 5.32 Å². The molecule has 0 aliphatic carbocycles. The maximum Gasteiger partial charge on any atom is 0.191 e. The number of benzene rings is 1. The first-order valence-corrected chi connectivity index (χ1v) is 6.65. The Labute approximate surface area is 112 Å². The molecule has 1 unspecified atom stereocenters. The lowest BCUT2D eigenvalue weighted by Crippen LogP contribution is -2.46. The number of hydrogen-bond acceptors (Lipinski definition) is 5. The first-order valence-electron chi connectivity index (χ1n) is 6.65. The molecule has 0 spiro atoms. The van der Waals surface area contributed by atoms with Crippen LogP contribution in [0.15, 0.2) is 30.3 Å². The molecule has 0 saturated carbocycles. The van der Waals surface area contributed by atoms with Crippen LogP contribution in [0.5, 0.6) is 0 Å². The predicted molar refractivity (Wildman–Crippen MR) is 71.5 cm³/mol. The van der Waals surface area contributed by atoms with Gasteiger partial charge >= 0.3 is 0 Å². The third-order valence-corrected chi connectivity index (χ3v) is 3.52. The second-order valence-electron chi connectivity index (χ2n) is 4.76. The first-order chi connectivity index (χ1) is 9.43.